The second kappa shape index (κ2) is 7.49. The first-order valence-corrected chi connectivity index (χ1v) is 8.70. The Hall–Kier alpha value is -2.72. The van der Waals surface area contributed by atoms with Crippen molar-refractivity contribution in [2.75, 3.05) is 31.1 Å². The van der Waals surface area contributed by atoms with Gasteiger partial charge in [0.15, 0.2) is 5.65 Å². The third-order valence-electron chi connectivity index (χ3n) is 4.58. The summed E-state index contributed by atoms with van der Waals surface area (Å²) < 4.78 is 27.4. The number of imidazole rings is 1. The summed E-state index contributed by atoms with van der Waals surface area (Å²) in [5.41, 5.74) is 1.24. The molecule has 0 spiro atoms. The summed E-state index contributed by atoms with van der Waals surface area (Å²) in [6.45, 7) is 2.41. The molecule has 0 radical (unpaired) electrons. The topological polar surface area (TPSA) is 91.5 Å². The van der Waals surface area contributed by atoms with Crippen molar-refractivity contribution in [1.29, 1.82) is 0 Å². The van der Waals surface area contributed by atoms with E-state index in [4.69, 9.17) is 5.11 Å². The van der Waals surface area contributed by atoms with E-state index in [1.54, 1.807) is 6.20 Å². The van der Waals surface area contributed by atoms with Crippen LogP contribution in [0.4, 0.5) is 14.6 Å². The summed E-state index contributed by atoms with van der Waals surface area (Å²) >= 11 is 0. The van der Waals surface area contributed by atoms with E-state index in [2.05, 4.69) is 30.3 Å². The van der Waals surface area contributed by atoms with Gasteiger partial charge >= 0.3 is 0 Å². The summed E-state index contributed by atoms with van der Waals surface area (Å²) in [6.07, 6.45) is 1.03. The molecule has 1 fully saturated rings. The first-order chi connectivity index (χ1) is 13.2. The summed E-state index contributed by atoms with van der Waals surface area (Å²) in [4.78, 5) is 15.0. The van der Waals surface area contributed by atoms with Gasteiger partial charge in [-0.2, -0.15) is 5.10 Å². The third kappa shape index (κ3) is 3.58. The summed E-state index contributed by atoms with van der Waals surface area (Å²) in [5, 5.41) is 16.5. The lowest BCUT2D eigenvalue weighted by atomic mass is 10.1. The molecular formula is C17H19F2N7O. The molecule has 1 aliphatic rings. The number of piperazine rings is 1. The number of rotatable bonds is 5. The van der Waals surface area contributed by atoms with Crippen LogP contribution in [0.3, 0.4) is 0 Å². The van der Waals surface area contributed by atoms with E-state index in [1.165, 1.54) is 23.0 Å². The van der Waals surface area contributed by atoms with Crippen molar-refractivity contribution in [3.8, 4) is 11.4 Å². The molecule has 10 heteroatoms. The first-order valence-electron chi connectivity index (χ1n) is 8.70. The highest BCUT2D eigenvalue weighted by atomic mass is 19.3. The normalized spacial score (nSPS) is 17.8. The monoisotopic (exact) mass is 375 g/mol. The zero-order valence-electron chi connectivity index (χ0n) is 14.5. The number of halogens is 2. The molecule has 4 heterocycles. The smallest absolute Gasteiger partial charge is 0.282 e. The lowest BCUT2D eigenvalue weighted by Crippen LogP contribution is -2.51. The Morgan fingerprint density at radius 1 is 1.26 bits per heavy atom. The number of hydrogen-bond donors (Lipinski definition) is 2. The Bertz CT molecular complexity index is 931. The molecule has 1 saturated heterocycles. The van der Waals surface area contributed by atoms with Crippen LogP contribution in [-0.4, -0.2) is 62.0 Å². The highest BCUT2D eigenvalue weighted by Crippen LogP contribution is 2.24. The van der Waals surface area contributed by atoms with Crippen LogP contribution in [0.15, 0.2) is 30.7 Å². The number of alkyl halides is 2. The maximum atomic E-state index is 13.0. The molecule has 0 bridgehead atoms. The SMILES string of the molecule is OCCC1CN(c2cc(-c3cnc4ccc(C(F)F)nn34)ncn2)CCN1. The zero-order valence-corrected chi connectivity index (χ0v) is 14.5. The maximum Gasteiger partial charge on any atom is 0.282 e. The predicted octanol–water partition coefficient (Wildman–Crippen LogP) is 1.28. The quantitative estimate of drug-likeness (QED) is 0.694. The number of fused-ring (bicyclic) bond motifs is 1. The minimum Gasteiger partial charge on any atom is -0.396 e. The van der Waals surface area contributed by atoms with Gasteiger partial charge < -0.3 is 15.3 Å². The number of anilines is 1. The fourth-order valence-corrected chi connectivity index (χ4v) is 3.22. The van der Waals surface area contributed by atoms with Gasteiger partial charge in [-0.1, -0.05) is 0 Å². The molecule has 27 heavy (non-hydrogen) atoms. The van der Waals surface area contributed by atoms with Crippen LogP contribution >= 0.6 is 0 Å². The number of aromatic nitrogens is 5. The van der Waals surface area contributed by atoms with Crippen molar-refractivity contribution in [3.05, 3.63) is 36.4 Å². The van der Waals surface area contributed by atoms with Gasteiger partial charge in [0.2, 0.25) is 0 Å². The number of aliphatic hydroxyl groups excluding tert-OH is 1. The van der Waals surface area contributed by atoms with Crippen molar-refractivity contribution in [2.24, 2.45) is 0 Å². The van der Waals surface area contributed by atoms with E-state index in [9.17, 15) is 8.78 Å². The molecule has 0 amide bonds. The van der Waals surface area contributed by atoms with Gasteiger partial charge in [0, 0.05) is 38.3 Å². The Morgan fingerprint density at radius 2 is 2.15 bits per heavy atom. The lowest BCUT2D eigenvalue weighted by Gasteiger charge is -2.34. The Morgan fingerprint density at radius 3 is 2.96 bits per heavy atom. The van der Waals surface area contributed by atoms with Gasteiger partial charge in [0.1, 0.15) is 23.5 Å². The van der Waals surface area contributed by atoms with E-state index in [0.29, 0.717) is 23.5 Å². The molecule has 3 aromatic heterocycles. The maximum absolute atomic E-state index is 13.0. The predicted molar refractivity (Wildman–Crippen MR) is 94.7 cm³/mol. The van der Waals surface area contributed by atoms with Crippen molar-refractivity contribution in [3.63, 3.8) is 0 Å². The average molecular weight is 375 g/mol. The minimum atomic E-state index is -2.66. The Labute approximate surface area is 153 Å². The minimum absolute atomic E-state index is 0.125. The standard InChI is InChI=1S/C17H19F2N7O/c18-17(19)12-1-2-15-21-8-14(26(15)24-12)13-7-16(23-10-22-13)25-5-4-20-11(9-25)3-6-27/h1-2,7-8,10-11,17,20,27H,3-6,9H2. The van der Waals surface area contributed by atoms with Gasteiger partial charge in [-0.25, -0.2) is 28.2 Å². The first kappa shape index (κ1) is 17.7. The van der Waals surface area contributed by atoms with Crippen LogP contribution in [0.5, 0.6) is 0 Å². The van der Waals surface area contributed by atoms with E-state index < -0.39 is 6.43 Å². The molecule has 1 aliphatic heterocycles. The van der Waals surface area contributed by atoms with Crippen LogP contribution in [0.2, 0.25) is 0 Å². The fraction of sp³-hybridized carbons (Fsp3) is 0.412. The van der Waals surface area contributed by atoms with Gasteiger partial charge in [0.25, 0.3) is 6.43 Å². The van der Waals surface area contributed by atoms with Crippen LogP contribution in [0, 0.1) is 0 Å². The van der Waals surface area contributed by atoms with Crippen LogP contribution in [-0.2, 0) is 0 Å². The van der Waals surface area contributed by atoms with Crippen LogP contribution < -0.4 is 10.2 Å². The highest BCUT2D eigenvalue weighted by molar-refractivity contribution is 5.62. The summed E-state index contributed by atoms with van der Waals surface area (Å²) in [5.74, 6) is 0.740. The van der Waals surface area contributed by atoms with Crippen molar-refractivity contribution in [1.82, 2.24) is 29.9 Å². The largest absolute Gasteiger partial charge is 0.396 e. The zero-order chi connectivity index (χ0) is 18.8. The molecule has 1 unspecified atom stereocenters. The molecular weight excluding hydrogens is 356 g/mol. The van der Waals surface area contributed by atoms with Crippen LogP contribution in [0.25, 0.3) is 17.0 Å². The average Bonchev–Trinajstić information content (AvgIpc) is 3.12. The summed E-state index contributed by atoms with van der Waals surface area (Å²) in [7, 11) is 0. The van der Waals surface area contributed by atoms with E-state index in [0.717, 1.165) is 25.5 Å². The van der Waals surface area contributed by atoms with Crippen molar-refractivity contribution < 1.29 is 13.9 Å². The number of aliphatic hydroxyl groups is 1. The molecule has 0 saturated carbocycles. The molecule has 3 aromatic rings. The number of nitrogens with zero attached hydrogens (tertiary/aromatic N) is 6. The lowest BCUT2D eigenvalue weighted by molar-refractivity contribution is 0.144. The van der Waals surface area contributed by atoms with Gasteiger partial charge in [-0.15, -0.1) is 0 Å². The van der Waals surface area contributed by atoms with E-state index in [-0.39, 0.29) is 18.3 Å². The van der Waals surface area contributed by atoms with Crippen molar-refractivity contribution >= 4 is 11.5 Å². The summed E-state index contributed by atoms with van der Waals surface area (Å²) in [6, 6.07) is 4.77. The second-order valence-electron chi connectivity index (χ2n) is 6.34. The Kier molecular flexibility index (Phi) is 4.90. The van der Waals surface area contributed by atoms with Gasteiger partial charge in [-0.05, 0) is 18.6 Å². The molecule has 4 rings (SSSR count). The fourth-order valence-electron chi connectivity index (χ4n) is 3.22. The molecule has 0 aromatic carbocycles. The van der Waals surface area contributed by atoms with Gasteiger partial charge in [-0.3, -0.25) is 0 Å². The van der Waals surface area contributed by atoms with E-state index >= 15 is 0 Å². The molecule has 142 valence electrons. The highest BCUT2D eigenvalue weighted by Gasteiger charge is 2.21. The number of nitrogens with one attached hydrogen (secondary N) is 1. The number of hydrogen-bond acceptors (Lipinski definition) is 7. The van der Waals surface area contributed by atoms with E-state index in [1.807, 2.05) is 6.07 Å². The second-order valence-corrected chi connectivity index (χ2v) is 6.34. The van der Waals surface area contributed by atoms with Crippen molar-refractivity contribution in [2.45, 2.75) is 18.9 Å². The molecule has 1 atom stereocenters. The third-order valence-corrected chi connectivity index (χ3v) is 4.58. The molecule has 2 N–H and O–H groups in total. The van der Waals surface area contributed by atoms with Crippen LogP contribution in [0.1, 0.15) is 18.5 Å². The Balaban J connectivity index is 1.66. The van der Waals surface area contributed by atoms with Gasteiger partial charge in [0.05, 0.1) is 11.9 Å². The molecule has 8 nitrogen and oxygen atoms in total. The molecule has 0 aliphatic carbocycles.